The van der Waals surface area contributed by atoms with Crippen LogP contribution in [0.2, 0.25) is 0 Å². The molecule has 0 aromatic rings. The molecule has 18 heavy (non-hydrogen) atoms. The molecule has 0 amide bonds. The van der Waals surface area contributed by atoms with Gasteiger partial charge in [0, 0.05) is 37.8 Å². The number of rotatable bonds is 3. The Balaban J connectivity index is 1.80. The fourth-order valence-electron chi connectivity index (χ4n) is 3.48. The van der Waals surface area contributed by atoms with E-state index in [1.165, 1.54) is 32.5 Å². The number of piperazine rings is 1. The highest BCUT2D eigenvalue weighted by atomic mass is 15.2. The molecule has 0 saturated carbocycles. The van der Waals surface area contributed by atoms with E-state index in [4.69, 9.17) is 0 Å². The van der Waals surface area contributed by atoms with Gasteiger partial charge in [-0.05, 0) is 59.5 Å². The lowest BCUT2D eigenvalue weighted by molar-refractivity contribution is 0.0671. The van der Waals surface area contributed by atoms with Crippen molar-refractivity contribution in [3.8, 4) is 0 Å². The van der Waals surface area contributed by atoms with E-state index < -0.39 is 0 Å². The summed E-state index contributed by atoms with van der Waals surface area (Å²) in [6.45, 7) is 15.6. The van der Waals surface area contributed by atoms with Crippen LogP contribution in [0.25, 0.3) is 0 Å². The van der Waals surface area contributed by atoms with Gasteiger partial charge in [0.2, 0.25) is 0 Å². The fraction of sp³-hybridized carbons (Fsp3) is 1.00. The zero-order valence-corrected chi connectivity index (χ0v) is 12.7. The molecule has 0 radical (unpaired) electrons. The third kappa shape index (κ3) is 3.46. The molecule has 0 aliphatic carbocycles. The SMILES string of the molecule is CC(C)N1CCC(CN2C(C)CNCC2C)CC1. The van der Waals surface area contributed by atoms with Crippen molar-refractivity contribution in [3.63, 3.8) is 0 Å². The Morgan fingerprint density at radius 1 is 1.06 bits per heavy atom. The predicted octanol–water partition coefficient (Wildman–Crippen LogP) is 1.79. The van der Waals surface area contributed by atoms with E-state index in [1.54, 1.807) is 0 Å². The lowest BCUT2D eigenvalue weighted by Gasteiger charge is -2.43. The molecule has 3 heteroatoms. The van der Waals surface area contributed by atoms with Crippen molar-refractivity contribution in [2.75, 3.05) is 32.7 Å². The molecule has 2 aliphatic heterocycles. The van der Waals surface area contributed by atoms with E-state index in [9.17, 15) is 0 Å². The van der Waals surface area contributed by atoms with E-state index in [-0.39, 0.29) is 0 Å². The molecular weight excluding hydrogens is 222 g/mol. The van der Waals surface area contributed by atoms with Crippen molar-refractivity contribution >= 4 is 0 Å². The highest BCUT2D eigenvalue weighted by Gasteiger charge is 2.28. The Kier molecular flexibility index (Phi) is 5.05. The van der Waals surface area contributed by atoms with Gasteiger partial charge in [-0.3, -0.25) is 4.90 Å². The van der Waals surface area contributed by atoms with E-state index in [0.717, 1.165) is 25.0 Å². The first-order chi connectivity index (χ1) is 8.58. The van der Waals surface area contributed by atoms with Gasteiger partial charge in [-0.15, -0.1) is 0 Å². The van der Waals surface area contributed by atoms with Crippen LogP contribution in [-0.2, 0) is 0 Å². The van der Waals surface area contributed by atoms with Crippen LogP contribution < -0.4 is 5.32 Å². The Labute approximate surface area is 113 Å². The van der Waals surface area contributed by atoms with Crippen LogP contribution in [0.4, 0.5) is 0 Å². The molecule has 0 bridgehead atoms. The molecule has 2 heterocycles. The third-order valence-corrected chi connectivity index (χ3v) is 4.86. The molecule has 1 N–H and O–H groups in total. The van der Waals surface area contributed by atoms with Gasteiger partial charge in [-0.2, -0.15) is 0 Å². The first kappa shape index (κ1) is 14.3. The van der Waals surface area contributed by atoms with Gasteiger partial charge in [-0.25, -0.2) is 0 Å². The summed E-state index contributed by atoms with van der Waals surface area (Å²) >= 11 is 0. The van der Waals surface area contributed by atoms with Crippen molar-refractivity contribution in [3.05, 3.63) is 0 Å². The molecule has 2 fully saturated rings. The maximum absolute atomic E-state index is 3.52. The second kappa shape index (κ2) is 6.36. The molecule has 2 unspecified atom stereocenters. The van der Waals surface area contributed by atoms with Gasteiger partial charge >= 0.3 is 0 Å². The standard InChI is InChI=1S/C15H31N3/c1-12(2)17-7-5-15(6-8-17)11-18-13(3)9-16-10-14(18)4/h12-16H,5-11H2,1-4H3. The third-order valence-electron chi connectivity index (χ3n) is 4.86. The maximum atomic E-state index is 3.52. The highest BCUT2D eigenvalue weighted by Crippen LogP contribution is 2.22. The molecule has 2 rings (SSSR count). The van der Waals surface area contributed by atoms with Crippen LogP contribution in [-0.4, -0.2) is 60.6 Å². The Hall–Kier alpha value is -0.120. The lowest BCUT2D eigenvalue weighted by atomic mass is 9.94. The number of hydrogen-bond donors (Lipinski definition) is 1. The smallest absolute Gasteiger partial charge is 0.0195 e. The number of likely N-dealkylation sites (tertiary alicyclic amines) is 1. The molecule has 2 saturated heterocycles. The second-order valence-electron chi connectivity index (χ2n) is 6.63. The topological polar surface area (TPSA) is 18.5 Å². The number of hydrogen-bond acceptors (Lipinski definition) is 3. The van der Waals surface area contributed by atoms with Crippen LogP contribution in [0.15, 0.2) is 0 Å². The molecule has 0 aromatic heterocycles. The van der Waals surface area contributed by atoms with Crippen molar-refractivity contribution in [2.45, 2.75) is 58.7 Å². The maximum Gasteiger partial charge on any atom is 0.0195 e. The summed E-state index contributed by atoms with van der Waals surface area (Å²) in [6.07, 6.45) is 2.78. The number of nitrogens with one attached hydrogen (secondary N) is 1. The predicted molar refractivity (Wildman–Crippen MR) is 77.9 cm³/mol. The van der Waals surface area contributed by atoms with Gasteiger partial charge in [0.25, 0.3) is 0 Å². The number of nitrogens with zero attached hydrogens (tertiary/aromatic N) is 2. The summed E-state index contributed by atoms with van der Waals surface area (Å²) in [7, 11) is 0. The monoisotopic (exact) mass is 253 g/mol. The summed E-state index contributed by atoms with van der Waals surface area (Å²) in [5.41, 5.74) is 0. The Morgan fingerprint density at radius 2 is 1.61 bits per heavy atom. The molecular formula is C15H31N3. The summed E-state index contributed by atoms with van der Waals surface area (Å²) in [6, 6.07) is 2.14. The molecule has 2 aliphatic rings. The van der Waals surface area contributed by atoms with Gasteiger partial charge in [0.15, 0.2) is 0 Å². The van der Waals surface area contributed by atoms with Crippen molar-refractivity contribution in [1.29, 1.82) is 0 Å². The van der Waals surface area contributed by atoms with Crippen LogP contribution in [0.1, 0.15) is 40.5 Å². The van der Waals surface area contributed by atoms with Crippen molar-refractivity contribution in [2.24, 2.45) is 5.92 Å². The first-order valence-corrected chi connectivity index (χ1v) is 7.78. The van der Waals surface area contributed by atoms with Crippen molar-refractivity contribution < 1.29 is 0 Å². The average Bonchev–Trinajstić information content (AvgIpc) is 2.34. The quantitative estimate of drug-likeness (QED) is 0.827. The van der Waals surface area contributed by atoms with Crippen LogP contribution >= 0.6 is 0 Å². The van der Waals surface area contributed by atoms with Gasteiger partial charge in [-0.1, -0.05) is 0 Å². The lowest BCUT2D eigenvalue weighted by Crippen LogP contribution is -2.56. The van der Waals surface area contributed by atoms with Crippen LogP contribution in [0.3, 0.4) is 0 Å². The van der Waals surface area contributed by atoms with Crippen LogP contribution in [0, 0.1) is 5.92 Å². The molecule has 3 nitrogen and oxygen atoms in total. The highest BCUT2D eigenvalue weighted by molar-refractivity contribution is 4.85. The van der Waals surface area contributed by atoms with Gasteiger partial charge in [0.05, 0.1) is 0 Å². The minimum atomic E-state index is 0.705. The fourth-order valence-corrected chi connectivity index (χ4v) is 3.48. The summed E-state index contributed by atoms with van der Waals surface area (Å²) < 4.78 is 0. The number of piperidine rings is 1. The molecule has 106 valence electrons. The minimum Gasteiger partial charge on any atom is -0.314 e. The molecule has 0 aromatic carbocycles. The van der Waals surface area contributed by atoms with E-state index in [1.807, 2.05) is 0 Å². The van der Waals surface area contributed by atoms with E-state index in [2.05, 4.69) is 42.8 Å². The Morgan fingerprint density at radius 3 is 2.11 bits per heavy atom. The zero-order chi connectivity index (χ0) is 13.1. The van der Waals surface area contributed by atoms with E-state index in [0.29, 0.717) is 12.1 Å². The Bertz CT molecular complexity index is 236. The van der Waals surface area contributed by atoms with Gasteiger partial charge in [0.1, 0.15) is 0 Å². The van der Waals surface area contributed by atoms with Crippen molar-refractivity contribution in [1.82, 2.24) is 15.1 Å². The summed E-state index contributed by atoms with van der Waals surface area (Å²) in [4.78, 5) is 5.35. The van der Waals surface area contributed by atoms with E-state index >= 15 is 0 Å². The second-order valence-corrected chi connectivity index (χ2v) is 6.63. The van der Waals surface area contributed by atoms with Gasteiger partial charge < -0.3 is 10.2 Å². The average molecular weight is 253 g/mol. The first-order valence-electron chi connectivity index (χ1n) is 7.78. The zero-order valence-electron chi connectivity index (χ0n) is 12.7. The normalized spacial score (nSPS) is 33.2. The van der Waals surface area contributed by atoms with Crippen LogP contribution in [0.5, 0.6) is 0 Å². The largest absolute Gasteiger partial charge is 0.314 e. The molecule has 0 spiro atoms. The minimum absolute atomic E-state index is 0.705. The summed E-state index contributed by atoms with van der Waals surface area (Å²) in [5.74, 6) is 0.919. The summed E-state index contributed by atoms with van der Waals surface area (Å²) in [5, 5.41) is 3.52. The molecule has 2 atom stereocenters.